The van der Waals surface area contributed by atoms with Gasteiger partial charge in [0.05, 0.1) is 0 Å². The maximum absolute atomic E-state index is 11.0. The number of amides is 2. The van der Waals surface area contributed by atoms with Crippen molar-refractivity contribution < 1.29 is 14.7 Å². The number of nitrogens with zero attached hydrogens (tertiary/aromatic N) is 1. The van der Waals surface area contributed by atoms with E-state index in [1.54, 1.807) is 6.92 Å². The highest BCUT2D eigenvalue weighted by molar-refractivity contribution is 6.04. The van der Waals surface area contributed by atoms with E-state index in [1.807, 2.05) is 0 Å². The highest BCUT2D eigenvalue weighted by atomic mass is 16.4. The lowest BCUT2D eigenvalue weighted by Crippen LogP contribution is -2.35. The lowest BCUT2D eigenvalue weighted by Gasteiger charge is -2.13. The molecule has 1 saturated heterocycles. The van der Waals surface area contributed by atoms with Crippen LogP contribution in [0.5, 0.6) is 0 Å². The second-order valence-electron chi connectivity index (χ2n) is 2.61. The van der Waals surface area contributed by atoms with Crippen molar-refractivity contribution in [1.29, 1.82) is 0 Å². The number of imide groups is 1. The monoisotopic (exact) mass is 155 g/mol. The van der Waals surface area contributed by atoms with Crippen molar-refractivity contribution in [1.82, 2.24) is 4.90 Å². The molecule has 0 unspecified atom stereocenters. The molecule has 11 heavy (non-hydrogen) atoms. The number of carbonyl (C=O) groups excluding carboxylic acids is 1. The lowest BCUT2D eigenvalue weighted by atomic mass is 10.2. The van der Waals surface area contributed by atoms with Crippen molar-refractivity contribution in [3.63, 3.8) is 0 Å². The van der Waals surface area contributed by atoms with Crippen LogP contribution in [-0.2, 0) is 4.79 Å². The Labute approximate surface area is 64.1 Å². The Morgan fingerprint density at radius 2 is 2.36 bits per heavy atom. The maximum Gasteiger partial charge on any atom is 0.414 e. The van der Waals surface area contributed by atoms with Crippen molar-refractivity contribution in [3.05, 3.63) is 12.2 Å². The third-order valence-electron chi connectivity index (χ3n) is 1.71. The zero-order valence-electron chi connectivity index (χ0n) is 6.20. The average Bonchev–Trinajstić information content (AvgIpc) is 2.07. The molecule has 4 nitrogen and oxygen atoms in total. The smallest absolute Gasteiger partial charge is 0.414 e. The van der Waals surface area contributed by atoms with Gasteiger partial charge in [-0.3, -0.25) is 4.79 Å². The van der Waals surface area contributed by atoms with Crippen LogP contribution in [0, 0.1) is 0 Å². The minimum atomic E-state index is -1.19. The zero-order valence-corrected chi connectivity index (χ0v) is 6.20. The number of hydrogen-bond acceptors (Lipinski definition) is 2. The van der Waals surface area contributed by atoms with Crippen LogP contribution < -0.4 is 0 Å². The minimum Gasteiger partial charge on any atom is -0.465 e. The molecule has 1 atom stereocenters. The van der Waals surface area contributed by atoms with Crippen molar-refractivity contribution >= 4 is 12.0 Å². The third-order valence-corrected chi connectivity index (χ3v) is 1.71. The largest absolute Gasteiger partial charge is 0.465 e. The summed E-state index contributed by atoms with van der Waals surface area (Å²) in [5.74, 6) is -0.468. The first-order valence-corrected chi connectivity index (χ1v) is 3.28. The van der Waals surface area contributed by atoms with E-state index in [0.717, 1.165) is 4.90 Å². The van der Waals surface area contributed by atoms with E-state index in [-0.39, 0.29) is 6.04 Å². The first-order chi connectivity index (χ1) is 5.04. The summed E-state index contributed by atoms with van der Waals surface area (Å²) in [5.41, 5.74) is 0.375. The van der Waals surface area contributed by atoms with Crippen LogP contribution in [0.1, 0.15) is 13.3 Å². The Kier molecular flexibility index (Phi) is 1.68. The van der Waals surface area contributed by atoms with Crippen molar-refractivity contribution in [2.24, 2.45) is 0 Å². The van der Waals surface area contributed by atoms with Crippen LogP contribution in [0.3, 0.4) is 0 Å². The van der Waals surface area contributed by atoms with Crippen LogP contribution >= 0.6 is 0 Å². The van der Waals surface area contributed by atoms with Crippen LogP contribution in [-0.4, -0.2) is 28.0 Å². The summed E-state index contributed by atoms with van der Waals surface area (Å²) >= 11 is 0. The Hall–Kier alpha value is -1.32. The highest BCUT2D eigenvalue weighted by Crippen LogP contribution is 2.21. The predicted octanol–water partition coefficient (Wildman–Crippen LogP) is 0.841. The average molecular weight is 155 g/mol. The van der Waals surface area contributed by atoms with E-state index in [2.05, 4.69) is 6.58 Å². The molecule has 0 radical (unpaired) electrons. The van der Waals surface area contributed by atoms with E-state index in [0.29, 0.717) is 12.0 Å². The molecule has 0 bridgehead atoms. The zero-order chi connectivity index (χ0) is 8.59. The second-order valence-corrected chi connectivity index (χ2v) is 2.61. The number of rotatable bonds is 0. The van der Waals surface area contributed by atoms with Gasteiger partial charge in [-0.2, -0.15) is 0 Å². The molecular weight excluding hydrogens is 146 g/mol. The summed E-state index contributed by atoms with van der Waals surface area (Å²) in [4.78, 5) is 22.2. The molecule has 0 aromatic rings. The molecule has 1 fully saturated rings. The Bertz CT molecular complexity index is 234. The molecule has 0 aliphatic carbocycles. The summed E-state index contributed by atoms with van der Waals surface area (Å²) < 4.78 is 0. The molecule has 1 aliphatic heterocycles. The standard InChI is InChI=1S/C7H9NO3/c1-4-3-5(2)8(6(4)9)7(10)11/h5H,1,3H2,2H3,(H,10,11)/t5-/m1/s1. The highest BCUT2D eigenvalue weighted by Gasteiger charge is 2.35. The molecule has 0 saturated carbocycles. The first kappa shape index (κ1) is 7.78. The molecule has 60 valence electrons. The molecule has 0 aromatic heterocycles. The summed E-state index contributed by atoms with van der Waals surface area (Å²) in [6.45, 7) is 5.15. The van der Waals surface area contributed by atoms with Gasteiger partial charge in [-0.05, 0) is 13.3 Å². The number of carbonyl (C=O) groups is 2. The topological polar surface area (TPSA) is 57.6 Å². The lowest BCUT2D eigenvalue weighted by molar-refractivity contribution is -0.123. The van der Waals surface area contributed by atoms with Gasteiger partial charge in [0.15, 0.2) is 0 Å². The Morgan fingerprint density at radius 1 is 1.82 bits per heavy atom. The van der Waals surface area contributed by atoms with Gasteiger partial charge < -0.3 is 5.11 Å². The molecule has 4 heteroatoms. The SMILES string of the molecule is C=C1C[C@@H](C)N(C(=O)O)C1=O. The Balaban J connectivity index is 2.88. The molecule has 1 heterocycles. The summed E-state index contributed by atoms with van der Waals surface area (Å²) in [6, 6.07) is -0.257. The predicted molar refractivity (Wildman–Crippen MR) is 38.1 cm³/mol. The van der Waals surface area contributed by atoms with Gasteiger partial charge in [-0.15, -0.1) is 0 Å². The van der Waals surface area contributed by atoms with Crippen LogP contribution in [0.25, 0.3) is 0 Å². The minimum absolute atomic E-state index is 0.257. The van der Waals surface area contributed by atoms with E-state index < -0.39 is 12.0 Å². The van der Waals surface area contributed by atoms with E-state index in [9.17, 15) is 9.59 Å². The van der Waals surface area contributed by atoms with Gasteiger partial charge in [0.1, 0.15) is 0 Å². The number of carboxylic acid groups (broad SMARTS) is 1. The number of likely N-dealkylation sites (tertiary alicyclic amines) is 1. The summed E-state index contributed by atoms with van der Waals surface area (Å²) in [5, 5.41) is 8.54. The Morgan fingerprint density at radius 3 is 2.55 bits per heavy atom. The van der Waals surface area contributed by atoms with Gasteiger partial charge in [-0.25, -0.2) is 9.69 Å². The maximum atomic E-state index is 11.0. The van der Waals surface area contributed by atoms with Crippen molar-refractivity contribution in [2.45, 2.75) is 19.4 Å². The van der Waals surface area contributed by atoms with Gasteiger partial charge in [0, 0.05) is 11.6 Å². The third kappa shape index (κ3) is 1.11. The van der Waals surface area contributed by atoms with Gasteiger partial charge >= 0.3 is 6.09 Å². The van der Waals surface area contributed by atoms with E-state index in [4.69, 9.17) is 5.11 Å². The van der Waals surface area contributed by atoms with Crippen LogP contribution in [0.2, 0.25) is 0 Å². The first-order valence-electron chi connectivity index (χ1n) is 3.28. The van der Waals surface area contributed by atoms with Crippen LogP contribution in [0.15, 0.2) is 12.2 Å². The summed E-state index contributed by atoms with van der Waals surface area (Å²) in [7, 11) is 0. The molecular formula is C7H9NO3. The van der Waals surface area contributed by atoms with Gasteiger partial charge in [-0.1, -0.05) is 6.58 Å². The molecule has 1 rings (SSSR count). The van der Waals surface area contributed by atoms with Crippen LogP contribution in [0.4, 0.5) is 4.79 Å². The number of hydrogen-bond donors (Lipinski definition) is 1. The molecule has 1 aliphatic rings. The van der Waals surface area contributed by atoms with Gasteiger partial charge in [0.2, 0.25) is 0 Å². The normalized spacial score (nSPS) is 24.5. The molecule has 2 amide bonds. The quantitative estimate of drug-likeness (QED) is 0.527. The fraction of sp³-hybridized carbons (Fsp3) is 0.429. The summed E-state index contributed by atoms with van der Waals surface area (Å²) in [6.07, 6.45) is -0.744. The molecule has 1 N–H and O–H groups in total. The van der Waals surface area contributed by atoms with Crippen molar-refractivity contribution in [3.8, 4) is 0 Å². The molecule has 0 spiro atoms. The second kappa shape index (κ2) is 2.38. The van der Waals surface area contributed by atoms with Gasteiger partial charge in [0.25, 0.3) is 5.91 Å². The van der Waals surface area contributed by atoms with Crippen molar-refractivity contribution in [2.75, 3.05) is 0 Å². The van der Waals surface area contributed by atoms with E-state index >= 15 is 0 Å². The van der Waals surface area contributed by atoms with E-state index in [1.165, 1.54) is 0 Å². The fourth-order valence-electron chi connectivity index (χ4n) is 1.18. The fourth-order valence-corrected chi connectivity index (χ4v) is 1.18. The molecule has 0 aromatic carbocycles.